The third-order valence-electron chi connectivity index (χ3n) is 6.59. The van der Waals surface area contributed by atoms with Gasteiger partial charge in [0.2, 0.25) is 0 Å². The fraction of sp³-hybridized carbons (Fsp3) is 0.161. The molecule has 0 aliphatic heterocycles. The zero-order valence-corrected chi connectivity index (χ0v) is 21.5. The van der Waals surface area contributed by atoms with E-state index in [9.17, 15) is 5.26 Å². The van der Waals surface area contributed by atoms with Gasteiger partial charge in [-0.3, -0.25) is 15.0 Å². The van der Waals surface area contributed by atoms with Gasteiger partial charge in [-0.05, 0) is 92.6 Å². The molecule has 1 aromatic carbocycles. The summed E-state index contributed by atoms with van der Waals surface area (Å²) in [6.07, 6.45) is 12.1. The average Bonchev–Trinajstić information content (AvgIpc) is 3.43. The molecule has 7 heteroatoms. The molecule has 3 N–H and O–H groups in total. The molecule has 38 heavy (non-hydrogen) atoms. The number of nitrogens with zero attached hydrogens (tertiary/aromatic N) is 4. The van der Waals surface area contributed by atoms with Crippen LogP contribution in [0.15, 0.2) is 73.3 Å². The lowest BCUT2D eigenvalue weighted by Crippen LogP contribution is -2.17. The van der Waals surface area contributed by atoms with Crippen LogP contribution in [0.1, 0.15) is 39.3 Å². The number of pyridine rings is 3. The molecular weight excluding hydrogens is 470 g/mol. The first-order valence-electron chi connectivity index (χ1n) is 12.6. The normalized spacial score (nSPS) is 11.2. The topological polar surface area (TPSA) is 102 Å². The van der Waals surface area contributed by atoms with Crippen LogP contribution >= 0.6 is 0 Å². The molecule has 0 aliphatic carbocycles. The zero-order valence-electron chi connectivity index (χ0n) is 21.5. The minimum atomic E-state index is 0.490. The van der Waals surface area contributed by atoms with Crippen molar-refractivity contribution < 1.29 is 0 Å². The van der Waals surface area contributed by atoms with Gasteiger partial charge in [0.05, 0.1) is 22.6 Å². The summed E-state index contributed by atoms with van der Waals surface area (Å²) >= 11 is 0. The molecule has 0 amide bonds. The number of hydrogen-bond acceptors (Lipinski definition) is 6. The van der Waals surface area contributed by atoms with Gasteiger partial charge >= 0.3 is 0 Å². The molecule has 7 nitrogen and oxygen atoms in total. The number of aromatic amines is 1. The maximum atomic E-state index is 9.84. The summed E-state index contributed by atoms with van der Waals surface area (Å²) in [5, 5.41) is 18.0. The second kappa shape index (κ2) is 11.5. The van der Waals surface area contributed by atoms with Crippen molar-refractivity contribution in [2.45, 2.75) is 26.8 Å². The van der Waals surface area contributed by atoms with Gasteiger partial charge < -0.3 is 15.6 Å². The summed E-state index contributed by atoms with van der Waals surface area (Å²) in [5.41, 5.74) is 9.14. The van der Waals surface area contributed by atoms with Gasteiger partial charge in [-0.25, -0.2) is 0 Å². The summed E-state index contributed by atoms with van der Waals surface area (Å²) in [6, 6.07) is 18.5. The molecule has 0 bridgehead atoms. The van der Waals surface area contributed by atoms with Crippen LogP contribution < -0.4 is 10.6 Å². The van der Waals surface area contributed by atoms with Crippen molar-refractivity contribution in [2.75, 3.05) is 11.9 Å². The van der Waals surface area contributed by atoms with Crippen LogP contribution in [0.2, 0.25) is 0 Å². The molecule has 4 aromatic heterocycles. The molecule has 0 spiro atoms. The second-order valence-corrected chi connectivity index (χ2v) is 9.13. The Labute approximate surface area is 222 Å². The van der Waals surface area contributed by atoms with E-state index < -0.39 is 0 Å². The molecule has 0 atom stereocenters. The summed E-state index contributed by atoms with van der Waals surface area (Å²) < 4.78 is 0. The van der Waals surface area contributed by atoms with Gasteiger partial charge in [0.1, 0.15) is 6.07 Å². The fourth-order valence-corrected chi connectivity index (χ4v) is 4.46. The quantitative estimate of drug-likeness (QED) is 0.212. The number of nitrogens with one attached hydrogen (secondary N) is 3. The molecule has 5 aromatic rings. The Morgan fingerprint density at radius 1 is 1.03 bits per heavy atom. The Hall–Kier alpha value is -4.80. The number of fused-ring (bicyclic) bond motifs is 1. The standard InChI is InChI=1S/C31H29N7/c1-21-27-13-17-35-30(27)9-8-29(21)38-31-24(18-32)19-36-22(2)28(31)7-6-25-4-3-5-26(37-25)20-34-16-12-23-10-14-33-15-11-23/h3-11,13-15,17,19,34-35H,12,16,20H2,1-2H3,(H,36,38)/b7-6+. The van der Waals surface area contributed by atoms with Gasteiger partial charge in [0.25, 0.3) is 0 Å². The smallest absolute Gasteiger partial charge is 0.103 e. The Morgan fingerprint density at radius 2 is 1.89 bits per heavy atom. The fourth-order valence-electron chi connectivity index (χ4n) is 4.46. The molecule has 0 saturated carbocycles. The summed E-state index contributed by atoms with van der Waals surface area (Å²) in [7, 11) is 0. The van der Waals surface area contributed by atoms with E-state index in [0.29, 0.717) is 12.1 Å². The predicted octanol–water partition coefficient (Wildman–Crippen LogP) is 6.09. The molecule has 188 valence electrons. The molecule has 0 unspecified atom stereocenters. The Balaban J connectivity index is 1.35. The van der Waals surface area contributed by atoms with Gasteiger partial charge in [0.15, 0.2) is 0 Å². The van der Waals surface area contributed by atoms with Crippen molar-refractivity contribution in [2.24, 2.45) is 0 Å². The van der Waals surface area contributed by atoms with Crippen LogP contribution in [0.4, 0.5) is 11.4 Å². The molecule has 0 saturated heterocycles. The highest BCUT2D eigenvalue weighted by molar-refractivity contribution is 5.90. The predicted molar refractivity (Wildman–Crippen MR) is 153 cm³/mol. The molecule has 0 radical (unpaired) electrons. The number of nitriles is 1. The highest BCUT2D eigenvalue weighted by Gasteiger charge is 2.13. The summed E-state index contributed by atoms with van der Waals surface area (Å²) in [4.78, 5) is 16.6. The highest BCUT2D eigenvalue weighted by atomic mass is 14.9. The molecule has 0 aliphatic rings. The number of hydrogen-bond donors (Lipinski definition) is 3. The van der Waals surface area contributed by atoms with Crippen LogP contribution in [-0.2, 0) is 13.0 Å². The maximum absolute atomic E-state index is 9.84. The first kappa shape index (κ1) is 24.9. The van der Waals surface area contributed by atoms with Gasteiger partial charge in [0, 0.05) is 59.2 Å². The van der Waals surface area contributed by atoms with E-state index in [-0.39, 0.29) is 0 Å². The van der Waals surface area contributed by atoms with Crippen LogP contribution in [0.25, 0.3) is 23.1 Å². The van der Waals surface area contributed by atoms with Gasteiger partial charge in [-0.2, -0.15) is 5.26 Å². The minimum absolute atomic E-state index is 0.490. The number of H-pyrrole nitrogens is 1. The second-order valence-electron chi connectivity index (χ2n) is 9.13. The van der Waals surface area contributed by atoms with Crippen molar-refractivity contribution in [1.29, 1.82) is 5.26 Å². The first-order chi connectivity index (χ1) is 18.6. The lowest BCUT2D eigenvalue weighted by Gasteiger charge is -2.16. The number of aryl methyl sites for hydroxylation is 2. The third kappa shape index (κ3) is 5.61. The summed E-state index contributed by atoms with van der Waals surface area (Å²) in [5.74, 6) is 0. The van der Waals surface area contributed by atoms with Crippen LogP contribution in [0, 0.1) is 25.2 Å². The minimum Gasteiger partial charge on any atom is -0.361 e. The van der Waals surface area contributed by atoms with Crippen LogP contribution in [-0.4, -0.2) is 26.5 Å². The van der Waals surface area contributed by atoms with E-state index >= 15 is 0 Å². The Morgan fingerprint density at radius 3 is 2.74 bits per heavy atom. The molecule has 0 fully saturated rings. The van der Waals surface area contributed by atoms with Crippen molar-refractivity contribution in [3.8, 4) is 6.07 Å². The number of benzene rings is 1. The zero-order chi connectivity index (χ0) is 26.3. The van der Waals surface area contributed by atoms with Gasteiger partial charge in [-0.1, -0.05) is 6.07 Å². The first-order valence-corrected chi connectivity index (χ1v) is 12.6. The third-order valence-corrected chi connectivity index (χ3v) is 6.59. The van der Waals surface area contributed by atoms with Crippen LogP contribution in [0.5, 0.6) is 0 Å². The van der Waals surface area contributed by atoms with E-state index in [2.05, 4.69) is 44.6 Å². The molecular formula is C31H29N7. The monoisotopic (exact) mass is 499 g/mol. The Bertz CT molecular complexity index is 1630. The van der Waals surface area contributed by atoms with Crippen molar-refractivity contribution >= 4 is 34.4 Å². The number of anilines is 2. The largest absolute Gasteiger partial charge is 0.361 e. The van der Waals surface area contributed by atoms with Crippen molar-refractivity contribution in [3.05, 3.63) is 113 Å². The SMILES string of the molecule is Cc1ncc(C#N)c(Nc2ccc3[nH]ccc3c2C)c1/C=C/c1cccc(CNCCc2ccncc2)n1. The number of rotatable bonds is 9. The Kier molecular flexibility index (Phi) is 7.53. The van der Waals surface area contributed by atoms with E-state index in [0.717, 1.165) is 63.5 Å². The lowest BCUT2D eigenvalue weighted by molar-refractivity contribution is 0.674. The van der Waals surface area contributed by atoms with E-state index in [4.69, 9.17) is 4.98 Å². The number of aromatic nitrogens is 4. The molecule has 4 heterocycles. The lowest BCUT2D eigenvalue weighted by atomic mass is 10.0. The van der Waals surface area contributed by atoms with Crippen molar-refractivity contribution in [3.63, 3.8) is 0 Å². The van der Waals surface area contributed by atoms with E-state index in [1.54, 1.807) is 6.20 Å². The summed E-state index contributed by atoms with van der Waals surface area (Å²) in [6.45, 7) is 5.57. The maximum Gasteiger partial charge on any atom is 0.103 e. The van der Waals surface area contributed by atoms with Crippen molar-refractivity contribution in [1.82, 2.24) is 25.3 Å². The van der Waals surface area contributed by atoms with E-state index in [1.165, 1.54) is 5.56 Å². The molecule has 5 rings (SSSR count). The van der Waals surface area contributed by atoms with Gasteiger partial charge in [-0.15, -0.1) is 0 Å². The van der Waals surface area contributed by atoms with E-state index in [1.807, 2.05) is 80.1 Å². The average molecular weight is 500 g/mol. The van der Waals surface area contributed by atoms with Crippen LogP contribution in [0.3, 0.4) is 0 Å². The highest BCUT2D eigenvalue weighted by Crippen LogP contribution is 2.32.